The van der Waals surface area contributed by atoms with E-state index in [4.69, 9.17) is 0 Å². The summed E-state index contributed by atoms with van der Waals surface area (Å²) in [7, 11) is 2.26. The number of rotatable bonds is 5. The van der Waals surface area contributed by atoms with Crippen LogP contribution in [0.4, 0.5) is 0 Å². The van der Waals surface area contributed by atoms with Gasteiger partial charge >= 0.3 is 0 Å². The molecule has 0 aromatic rings. The molecule has 1 heterocycles. The highest BCUT2D eigenvalue weighted by Crippen LogP contribution is 2.21. The Morgan fingerprint density at radius 3 is 2.92 bits per heavy atom. The summed E-state index contributed by atoms with van der Waals surface area (Å²) >= 11 is 6.30. The third kappa shape index (κ3) is 3.58. The molecule has 0 N–H and O–H groups in total. The number of unbranched alkanes of at least 4 members (excludes halogenated alkanes) is 1. The van der Waals surface area contributed by atoms with Crippen molar-refractivity contribution in [3.63, 3.8) is 0 Å². The van der Waals surface area contributed by atoms with Crippen LogP contribution in [0.5, 0.6) is 0 Å². The number of thioether (sulfide) groups is 1. The Bertz CT molecular complexity index is 113. The first kappa shape index (κ1) is 10.7. The lowest BCUT2D eigenvalue weighted by molar-refractivity contribution is 0.259. The van der Waals surface area contributed by atoms with Crippen LogP contribution in [-0.4, -0.2) is 41.8 Å². The van der Waals surface area contributed by atoms with Crippen LogP contribution in [0.15, 0.2) is 0 Å². The van der Waals surface area contributed by atoms with Crippen LogP contribution in [0.1, 0.15) is 19.3 Å². The summed E-state index contributed by atoms with van der Waals surface area (Å²) in [5.74, 6) is 3.74. The predicted octanol–water partition coefficient (Wildman–Crippen LogP) is 2.13. The van der Waals surface area contributed by atoms with Gasteiger partial charge < -0.3 is 4.90 Å². The van der Waals surface area contributed by atoms with Gasteiger partial charge in [0.05, 0.1) is 0 Å². The number of hydrogen-bond donors (Lipinski definition) is 1. The van der Waals surface area contributed by atoms with Crippen molar-refractivity contribution in [2.24, 2.45) is 0 Å². The zero-order valence-electron chi connectivity index (χ0n) is 7.83. The van der Waals surface area contributed by atoms with E-state index in [0.717, 1.165) is 11.8 Å². The second kappa shape index (κ2) is 6.17. The zero-order valence-corrected chi connectivity index (χ0v) is 9.54. The van der Waals surface area contributed by atoms with Gasteiger partial charge in [0.1, 0.15) is 0 Å². The molecule has 1 unspecified atom stereocenters. The summed E-state index contributed by atoms with van der Waals surface area (Å²) < 4.78 is 0. The molecular formula is C9H19NS2. The largest absolute Gasteiger partial charge is 0.303 e. The number of hydrogen-bond acceptors (Lipinski definition) is 3. The lowest BCUT2D eigenvalue weighted by Crippen LogP contribution is -2.32. The van der Waals surface area contributed by atoms with E-state index in [2.05, 4.69) is 36.3 Å². The number of thiol groups is 1. The van der Waals surface area contributed by atoms with Crippen molar-refractivity contribution in [2.45, 2.75) is 25.3 Å². The van der Waals surface area contributed by atoms with Crippen molar-refractivity contribution >= 4 is 24.4 Å². The first-order chi connectivity index (χ1) is 5.84. The molecule has 1 rings (SSSR count). The Hall–Kier alpha value is 0.660. The fourth-order valence-electron chi connectivity index (χ4n) is 1.53. The maximum absolute atomic E-state index is 4.21. The third-order valence-electron chi connectivity index (χ3n) is 2.45. The summed E-state index contributed by atoms with van der Waals surface area (Å²) in [5.41, 5.74) is 0. The maximum Gasteiger partial charge on any atom is 0.0191 e. The van der Waals surface area contributed by atoms with E-state index >= 15 is 0 Å². The molecule has 0 radical (unpaired) electrons. The average Bonchev–Trinajstić information content (AvgIpc) is 2.56. The lowest BCUT2D eigenvalue weighted by atomic mass is 10.2. The van der Waals surface area contributed by atoms with Crippen LogP contribution >= 0.6 is 24.4 Å². The van der Waals surface area contributed by atoms with Crippen molar-refractivity contribution in [3.05, 3.63) is 0 Å². The molecule has 0 aliphatic carbocycles. The molecule has 1 aliphatic rings. The Kier molecular flexibility index (Phi) is 5.52. The van der Waals surface area contributed by atoms with Gasteiger partial charge in [-0.15, -0.1) is 0 Å². The van der Waals surface area contributed by atoms with Gasteiger partial charge in [0.15, 0.2) is 0 Å². The molecule has 0 spiro atoms. The molecule has 0 bridgehead atoms. The second-order valence-corrected chi connectivity index (χ2v) is 5.03. The van der Waals surface area contributed by atoms with E-state index in [-0.39, 0.29) is 0 Å². The minimum Gasteiger partial charge on any atom is -0.303 e. The molecule has 0 amide bonds. The minimum absolute atomic E-state index is 0.856. The van der Waals surface area contributed by atoms with Gasteiger partial charge in [0.25, 0.3) is 0 Å². The standard InChI is InChI=1S/C9H19NS2/c1-10(5-2-3-6-11)9-4-7-12-8-9/h9,11H,2-8H2,1H3. The minimum atomic E-state index is 0.856. The molecule has 12 heavy (non-hydrogen) atoms. The maximum atomic E-state index is 4.21. The van der Waals surface area contributed by atoms with Gasteiger partial charge in [-0.1, -0.05) is 0 Å². The Labute approximate surface area is 85.7 Å². The monoisotopic (exact) mass is 205 g/mol. The van der Waals surface area contributed by atoms with Crippen molar-refractivity contribution in [1.82, 2.24) is 4.90 Å². The first-order valence-electron chi connectivity index (χ1n) is 4.73. The highest BCUT2D eigenvalue weighted by Gasteiger charge is 2.18. The fourth-order valence-corrected chi connectivity index (χ4v) is 3.05. The molecule has 72 valence electrons. The van der Waals surface area contributed by atoms with Gasteiger partial charge in [0, 0.05) is 11.8 Å². The van der Waals surface area contributed by atoms with E-state index in [1.54, 1.807) is 0 Å². The third-order valence-corrected chi connectivity index (χ3v) is 3.91. The zero-order chi connectivity index (χ0) is 8.81. The van der Waals surface area contributed by atoms with E-state index in [0.29, 0.717) is 0 Å². The molecular weight excluding hydrogens is 186 g/mol. The van der Waals surface area contributed by atoms with E-state index in [1.807, 2.05) is 0 Å². The molecule has 1 aliphatic heterocycles. The molecule has 1 atom stereocenters. The molecule has 1 fully saturated rings. The van der Waals surface area contributed by atoms with Crippen LogP contribution in [0.2, 0.25) is 0 Å². The quantitative estimate of drug-likeness (QED) is 0.541. The van der Waals surface area contributed by atoms with E-state index < -0.39 is 0 Å². The second-order valence-electron chi connectivity index (χ2n) is 3.43. The lowest BCUT2D eigenvalue weighted by Gasteiger charge is -2.22. The van der Waals surface area contributed by atoms with Gasteiger partial charge in [-0.2, -0.15) is 24.4 Å². The van der Waals surface area contributed by atoms with Crippen LogP contribution in [0.25, 0.3) is 0 Å². The van der Waals surface area contributed by atoms with Gasteiger partial charge in [-0.25, -0.2) is 0 Å². The summed E-state index contributed by atoms with van der Waals surface area (Å²) in [4.78, 5) is 2.52. The van der Waals surface area contributed by atoms with Crippen LogP contribution in [0.3, 0.4) is 0 Å². The van der Waals surface area contributed by atoms with Gasteiger partial charge in [-0.05, 0) is 44.4 Å². The molecule has 3 heteroatoms. The molecule has 0 aromatic heterocycles. The Morgan fingerprint density at radius 1 is 1.50 bits per heavy atom. The van der Waals surface area contributed by atoms with Gasteiger partial charge in [0.2, 0.25) is 0 Å². The van der Waals surface area contributed by atoms with Crippen LogP contribution in [-0.2, 0) is 0 Å². The Morgan fingerprint density at radius 2 is 2.33 bits per heavy atom. The number of nitrogens with zero attached hydrogens (tertiary/aromatic N) is 1. The van der Waals surface area contributed by atoms with Crippen LogP contribution < -0.4 is 0 Å². The predicted molar refractivity (Wildman–Crippen MR) is 61.4 cm³/mol. The van der Waals surface area contributed by atoms with E-state index in [1.165, 1.54) is 37.3 Å². The van der Waals surface area contributed by atoms with Gasteiger partial charge in [-0.3, -0.25) is 0 Å². The topological polar surface area (TPSA) is 3.24 Å². The molecule has 0 aromatic carbocycles. The van der Waals surface area contributed by atoms with Crippen molar-refractivity contribution in [2.75, 3.05) is 30.9 Å². The summed E-state index contributed by atoms with van der Waals surface area (Å²) in [5, 5.41) is 0. The first-order valence-corrected chi connectivity index (χ1v) is 6.52. The van der Waals surface area contributed by atoms with Crippen molar-refractivity contribution < 1.29 is 0 Å². The molecule has 0 saturated carbocycles. The molecule has 1 saturated heterocycles. The van der Waals surface area contributed by atoms with Crippen LogP contribution in [0, 0.1) is 0 Å². The summed E-state index contributed by atoms with van der Waals surface area (Å²) in [6, 6.07) is 0.856. The average molecular weight is 205 g/mol. The fraction of sp³-hybridized carbons (Fsp3) is 1.00. The molecule has 1 nitrogen and oxygen atoms in total. The summed E-state index contributed by atoms with van der Waals surface area (Å²) in [6.45, 7) is 1.26. The SMILES string of the molecule is CN(CCCCS)C1CCSC1. The normalized spacial score (nSPS) is 23.8. The van der Waals surface area contributed by atoms with Crippen molar-refractivity contribution in [1.29, 1.82) is 0 Å². The van der Waals surface area contributed by atoms with Crippen molar-refractivity contribution in [3.8, 4) is 0 Å². The Balaban J connectivity index is 2.05. The smallest absolute Gasteiger partial charge is 0.0191 e. The highest BCUT2D eigenvalue weighted by atomic mass is 32.2. The highest BCUT2D eigenvalue weighted by molar-refractivity contribution is 7.99. The van der Waals surface area contributed by atoms with E-state index in [9.17, 15) is 0 Å². The summed E-state index contributed by atoms with van der Waals surface area (Å²) in [6.07, 6.45) is 3.95.